The molecule has 0 unspecified atom stereocenters. The van der Waals surface area contributed by atoms with Crippen molar-refractivity contribution in [3.8, 4) is 5.75 Å². The number of aromatic hydroxyl groups is 1. The molecule has 7 heteroatoms. The molecule has 0 bridgehead atoms. The number of likely N-dealkylation sites (tertiary alicyclic amines) is 1. The molecule has 0 radical (unpaired) electrons. The van der Waals surface area contributed by atoms with Crippen LogP contribution in [-0.2, 0) is 0 Å². The third-order valence-electron chi connectivity index (χ3n) is 3.19. The number of aliphatic hydroxyl groups excluding tert-OH is 1. The van der Waals surface area contributed by atoms with Crippen LogP contribution in [0.15, 0.2) is 18.2 Å². The van der Waals surface area contributed by atoms with Gasteiger partial charge in [0.25, 0.3) is 5.91 Å². The normalized spacial score (nSPS) is 16.4. The Bertz CT molecular complexity index is 509. The van der Waals surface area contributed by atoms with Crippen molar-refractivity contribution in [3.05, 3.63) is 33.9 Å². The van der Waals surface area contributed by atoms with E-state index in [1.807, 2.05) is 0 Å². The van der Waals surface area contributed by atoms with Crippen molar-refractivity contribution in [2.45, 2.75) is 18.9 Å². The molecule has 7 nitrogen and oxygen atoms in total. The number of piperidine rings is 1. The predicted octanol–water partition coefficient (Wildman–Crippen LogP) is 0.897. The first-order valence-electron chi connectivity index (χ1n) is 5.94. The van der Waals surface area contributed by atoms with Crippen molar-refractivity contribution in [1.82, 2.24) is 4.90 Å². The largest absolute Gasteiger partial charge is 0.502 e. The maximum Gasteiger partial charge on any atom is 0.311 e. The Morgan fingerprint density at radius 3 is 2.58 bits per heavy atom. The number of nitro benzene ring substituents is 1. The first-order chi connectivity index (χ1) is 9.00. The Morgan fingerprint density at radius 2 is 2.00 bits per heavy atom. The molecule has 0 spiro atoms. The van der Waals surface area contributed by atoms with Crippen LogP contribution in [0.3, 0.4) is 0 Å². The molecule has 0 atom stereocenters. The summed E-state index contributed by atoms with van der Waals surface area (Å²) in [4.78, 5) is 23.6. The highest BCUT2D eigenvalue weighted by molar-refractivity contribution is 5.98. The highest BCUT2D eigenvalue weighted by atomic mass is 16.6. The minimum absolute atomic E-state index is 0.0782. The van der Waals surface area contributed by atoms with Crippen molar-refractivity contribution in [2.24, 2.45) is 0 Å². The van der Waals surface area contributed by atoms with E-state index in [1.54, 1.807) is 0 Å². The Morgan fingerprint density at radius 1 is 1.37 bits per heavy atom. The number of hydrogen-bond acceptors (Lipinski definition) is 5. The Kier molecular flexibility index (Phi) is 3.66. The summed E-state index contributed by atoms with van der Waals surface area (Å²) in [5.74, 6) is -1.06. The van der Waals surface area contributed by atoms with Crippen LogP contribution < -0.4 is 0 Å². The number of benzene rings is 1. The van der Waals surface area contributed by atoms with Gasteiger partial charge in [-0.3, -0.25) is 14.9 Å². The summed E-state index contributed by atoms with van der Waals surface area (Å²) in [5, 5.41) is 29.9. The fourth-order valence-electron chi connectivity index (χ4n) is 2.09. The fraction of sp³-hybridized carbons (Fsp3) is 0.417. The molecule has 1 aliphatic heterocycles. The van der Waals surface area contributed by atoms with E-state index < -0.39 is 28.4 Å². The summed E-state index contributed by atoms with van der Waals surface area (Å²) < 4.78 is 0. The number of carbonyl (C=O) groups excluding carboxylic acids is 1. The summed E-state index contributed by atoms with van der Waals surface area (Å²) in [7, 11) is 0. The Hall–Kier alpha value is -2.15. The van der Waals surface area contributed by atoms with Crippen LogP contribution in [-0.4, -0.2) is 45.1 Å². The van der Waals surface area contributed by atoms with E-state index in [0.717, 1.165) is 6.07 Å². The third-order valence-corrected chi connectivity index (χ3v) is 3.19. The van der Waals surface area contributed by atoms with Crippen LogP contribution in [0.5, 0.6) is 5.75 Å². The zero-order valence-corrected chi connectivity index (χ0v) is 10.2. The van der Waals surface area contributed by atoms with Gasteiger partial charge in [0.15, 0.2) is 0 Å². The van der Waals surface area contributed by atoms with Crippen LogP contribution in [0.1, 0.15) is 23.2 Å². The monoisotopic (exact) mass is 266 g/mol. The molecule has 1 fully saturated rings. The molecular formula is C12H14N2O5. The molecule has 0 aromatic heterocycles. The van der Waals surface area contributed by atoms with Gasteiger partial charge in [-0.15, -0.1) is 0 Å². The van der Waals surface area contributed by atoms with Gasteiger partial charge < -0.3 is 15.1 Å². The van der Waals surface area contributed by atoms with Gasteiger partial charge in [0.05, 0.1) is 16.6 Å². The molecule has 0 saturated carbocycles. The maximum absolute atomic E-state index is 12.2. The third kappa shape index (κ3) is 2.65. The molecule has 2 N–H and O–H groups in total. The summed E-state index contributed by atoms with van der Waals surface area (Å²) in [6.07, 6.45) is 0.533. The average molecular weight is 266 g/mol. The molecule has 19 heavy (non-hydrogen) atoms. The molecule has 1 aliphatic rings. The first-order valence-corrected chi connectivity index (χ1v) is 5.94. The van der Waals surface area contributed by atoms with E-state index in [2.05, 4.69) is 0 Å². The van der Waals surface area contributed by atoms with E-state index >= 15 is 0 Å². The van der Waals surface area contributed by atoms with Crippen molar-refractivity contribution in [1.29, 1.82) is 0 Å². The predicted molar refractivity (Wildman–Crippen MR) is 65.9 cm³/mol. The van der Waals surface area contributed by atoms with E-state index in [4.69, 9.17) is 0 Å². The SMILES string of the molecule is O=C(c1cccc([N+](=O)[O-])c1O)N1CCC(O)CC1. The second-order valence-corrected chi connectivity index (χ2v) is 4.45. The van der Waals surface area contributed by atoms with Crippen molar-refractivity contribution >= 4 is 11.6 Å². The lowest BCUT2D eigenvalue weighted by Gasteiger charge is -2.29. The highest BCUT2D eigenvalue weighted by Gasteiger charge is 2.27. The topological polar surface area (TPSA) is 104 Å². The number of aliphatic hydroxyl groups is 1. The van der Waals surface area contributed by atoms with Crippen molar-refractivity contribution < 1.29 is 19.9 Å². The number of nitrogens with zero attached hydrogens (tertiary/aromatic N) is 2. The minimum atomic E-state index is -0.730. The second-order valence-electron chi connectivity index (χ2n) is 4.45. The van der Waals surface area contributed by atoms with Crippen LogP contribution in [0, 0.1) is 10.1 Å². The van der Waals surface area contributed by atoms with E-state index in [9.17, 15) is 25.1 Å². The highest BCUT2D eigenvalue weighted by Crippen LogP contribution is 2.30. The molecule has 2 rings (SSSR count). The smallest absolute Gasteiger partial charge is 0.311 e. The first kappa shape index (κ1) is 13.3. The van der Waals surface area contributed by atoms with Gasteiger partial charge in [0, 0.05) is 19.2 Å². The molecule has 1 aromatic carbocycles. The molecule has 1 aromatic rings. The van der Waals surface area contributed by atoms with E-state index in [1.165, 1.54) is 17.0 Å². The number of amides is 1. The fourth-order valence-corrected chi connectivity index (χ4v) is 2.09. The van der Waals surface area contributed by atoms with Gasteiger partial charge in [-0.25, -0.2) is 0 Å². The van der Waals surface area contributed by atoms with Gasteiger partial charge in [0.1, 0.15) is 0 Å². The van der Waals surface area contributed by atoms with Crippen molar-refractivity contribution in [2.75, 3.05) is 13.1 Å². The number of nitro groups is 1. The minimum Gasteiger partial charge on any atom is -0.502 e. The number of phenols is 1. The number of phenolic OH excluding ortho intramolecular Hbond substituents is 1. The summed E-state index contributed by atoms with van der Waals surface area (Å²) >= 11 is 0. The van der Waals surface area contributed by atoms with Crippen LogP contribution in [0.4, 0.5) is 5.69 Å². The number of rotatable bonds is 2. The lowest BCUT2D eigenvalue weighted by molar-refractivity contribution is -0.385. The Balaban J connectivity index is 2.24. The molecule has 0 aliphatic carbocycles. The van der Waals surface area contributed by atoms with E-state index in [-0.39, 0.29) is 5.56 Å². The summed E-state index contributed by atoms with van der Waals surface area (Å²) in [5.41, 5.74) is -0.562. The van der Waals surface area contributed by atoms with Crippen LogP contribution in [0.2, 0.25) is 0 Å². The van der Waals surface area contributed by atoms with E-state index in [0.29, 0.717) is 25.9 Å². The quantitative estimate of drug-likeness (QED) is 0.611. The number of hydrogen-bond donors (Lipinski definition) is 2. The lowest BCUT2D eigenvalue weighted by atomic mass is 10.1. The Labute approximate surface area is 109 Å². The molecule has 1 heterocycles. The summed E-state index contributed by atoms with van der Waals surface area (Å²) in [6.45, 7) is 0.754. The van der Waals surface area contributed by atoms with Gasteiger partial charge in [-0.2, -0.15) is 0 Å². The van der Waals surface area contributed by atoms with Crippen LogP contribution >= 0.6 is 0 Å². The number of carbonyl (C=O) groups is 1. The zero-order valence-electron chi connectivity index (χ0n) is 10.2. The van der Waals surface area contributed by atoms with Gasteiger partial charge >= 0.3 is 5.69 Å². The zero-order chi connectivity index (χ0) is 14.0. The molecule has 1 amide bonds. The standard InChI is InChI=1S/C12H14N2O5/c15-8-4-6-13(7-5-8)12(17)9-2-1-3-10(11(9)16)14(18)19/h1-3,8,15-16H,4-7H2. The van der Waals surface area contributed by atoms with Gasteiger partial charge in [0.2, 0.25) is 5.75 Å². The molecule has 102 valence electrons. The van der Waals surface area contributed by atoms with Crippen molar-refractivity contribution in [3.63, 3.8) is 0 Å². The second kappa shape index (κ2) is 5.23. The number of para-hydroxylation sites is 1. The average Bonchev–Trinajstić information content (AvgIpc) is 2.38. The van der Waals surface area contributed by atoms with Crippen LogP contribution in [0.25, 0.3) is 0 Å². The van der Waals surface area contributed by atoms with Gasteiger partial charge in [-0.1, -0.05) is 6.07 Å². The maximum atomic E-state index is 12.2. The summed E-state index contributed by atoms with van der Waals surface area (Å²) in [6, 6.07) is 3.87. The molecule has 1 saturated heterocycles. The van der Waals surface area contributed by atoms with Gasteiger partial charge in [-0.05, 0) is 18.9 Å². The molecular weight excluding hydrogens is 252 g/mol. The lowest BCUT2D eigenvalue weighted by Crippen LogP contribution is -2.40.